The van der Waals surface area contributed by atoms with Gasteiger partial charge in [0.05, 0.1) is 5.69 Å². The Bertz CT molecular complexity index is 1370. The van der Waals surface area contributed by atoms with Crippen molar-refractivity contribution in [3.05, 3.63) is 96.5 Å². The monoisotopic (exact) mass is 492 g/mol. The summed E-state index contributed by atoms with van der Waals surface area (Å²) in [5.41, 5.74) is 6.52. The van der Waals surface area contributed by atoms with E-state index < -0.39 is 0 Å². The second-order valence-electron chi connectivity index (χ2n) is 9.20. The third kappa shape index (κ3) is 5.78. The van der Waals surface area contributed by atoms with Crippen molar-refractivity contribution in [1.82, 2.24) is 19.7 Å². The number of piperazine rings is 1. The fourth-order valence-electron chi connectivity index (χ4n) is 4.60. The van der Waals surface area contributed by atoms with Gasteiger partial charge < -0.3 is 15.1 Å². The number of carbonyl (C=O) groups excluding carboxylic acids is 1. The van der Waals surface area contributed by atoms with E-state index in [1.54, 1.807) is 24.5 Å². The smallest absolute Gasteiger partial charge is 0.248 e. The van der Waals surface area contributed by atoms with Crippen molar-refractivity contribution in [2.75, 3.05) is 42.9 Å². The van der Waals surface area contributed by atoms with Gasteiger partial charge in [-0.05, 0) is 67.6 Å². The van der Waals surface area contributed by atoms with Crippen LogP contribution in [0.3, 0.4) is 0 Å². The lowest BCUT2D eigenvalue weighted by atomic mass is 10.1. The fraction of sp³-hybridized carbons (Fsp3) is 0.233. The summed E-state index contributed by atoms with van der Waals surface area (Å²) in [4.78, 5) is 22.0. The Morgan fingerprint density at radius 3 is 2.51 bits per heavy atom. The Labute approximate surface area is 218 Å². The highest BCUT2D eigenvalue weighted by atomic mass is 16.1. The molecule has 1 N–H and O–H groups in total. The number of hydrogen-bond acceptors (Lipinski definition) is 5. The molecular weight excluding hydrogens is 460 g/mol. The molecule has 1 amide bonds. The van der Waals surface area contributed by atoms with Gasteiger partial charge in [-0.2, -0.15) is 5.10 Å². The van der Waals surface area contributed by atoms with Gasteiger partial charge in [-0.3, -0.25) is 9.78 Å². The number of carbonyl (C=O) groups is 1. The molecule has 0 spiro atoms. The standard InChI is InChI=1S/C30H32N6O/c1-3-34-16-18-35(19-17-34)27-12-13-28(23(2)20-27)32-29(37)14-11-25-22-36(26-9-5-4-6-10-26)33-30(25)24-8-7-15-31-21-24/h4-15,20-22H,3,16-19H2,1-2H3,(H,32,37)/b14-11+. The lowest BCUT2D eigenvalue weighted by Crippen LogP contribution is -2.46. The van der Waals surface area contributed by atoms with E-state index in [1.807, 2.05) is 66.3 Å². The largest absolute Gasteiger partial charge is 0.369 e. The maximum absolute atomic E-state index is 12.9. The summed E-state index contributed by atoms with van der Waals surface area (Å²) in [6.07, 6.45) is 8.81. The minimum absolute atomic E-state index is 0.183. The number of amides is 1. The van der Waals surface area contributed by atoms with Gasteiger partial charge >= 0.3 is 0 Å². The zero-order valence-electron chi connectivity index (χ0n) is 21.3. The van der Waals surface area contributed by atoms with Gasteiger partial charge in [-0.1, -0.05) is 25.1 Å². The van der Waals surface area contributed by atoms with Gasteiger partial charge in [0.15, 0.2) is 0 Å². The van der Waals surface area contributed by atoms with Crippen LogP contribution in [0.15, 0.2) is 85.3 Å². The first-order valence-corrected chi connectivity index (χ1v) is 12.7. The van der Waals surface area contributed by atoms with Gasteiger partial charge in [0.2, 0.25) is 5.91 Å². The van der Waals surface area contributed by atoms with Crippen molar-refractivity contribution in [2.24, 2.45) is 0 Å². The zero-order chi connectivity index (χ0) is 25.6. The maximum atomic E-state index is 12.9. The van der Waals surface area contributed by atoms with E-state index in [2.05, 4.69) is 39.2 Å². The van der Waals surface area contributed by atoms with Crippen LogP contribution >= 0.6 is 0 Å². The SMILES string of the molecule is CCN1CCN(c2ccc(NC(=O)/C=C/c3cn(-c4ccccc4)nc3-c3cccnc3)c(C)c2)CC1. The van der Waals surface area contributed by atoms with Crippen LogP contribution < -0.4 is 10.2 Å². The van der Waals surface area contributed by atoms with Crippen LogP contribution in [0.5, 0.6) is 0 Å². The Morgan fingerprint density at radius 2 is 1.81 bits per heavy atom. The molecule has 2 aromatic carbocycles. The summed E-state index contributed by atoms with van der Waals surface area (Å²) in [7, 11) is 0. The van der Waals surface area contributed by atoms with Gasteiger partial charge in [-0.15, -0.1) is 0 Å². The summed E-state index contributed by atoms with van der Waals surface area (Å²) < 4.78 is 1.82. The number of rotatable bonds is 7. The molecule has 0 radical (unpaired) electrons. The molecule has 0 unspecified atom stereocenters. The summed E-state index contributed by atoms with van der Waals surface area (Å²) >= 11 is 0. The topological polar surface area (TPSA) is 66.3 Å². The Balaban J connectivity index is 1.32. The van der Waals surface area contributed by atoms with Gasteiger partial charge in [-0.25, -0.2) is 4.68 Å². The summed E-state index contributed by atoms with van der Waals surface area (Å²) in [6.45, 7) is 9.56. The molecule has 188 valence electrons. The van der Waals surface area contributed by atoms with Crippen molar-refractivity contribution in [3.8, 4) is 16.9 Å². The first kappa shape index (κ1) is 24.5. The average Bonchev–Trinajstić information content (AvgIpc) is 3.38. The Hall–Kier alpha value is -4.23. The highest BCUT2D eigenvalue weighted by molar-refractivity contribution is 6.02. The molecule has 0 atom stereocenters. The number of aromatic nitrogens is 3. The predicted molar refractivity (Wildman–Crippen MR) is 150 cm³/mol. The molecule has 7 nitrogen and oxygen atoms in total. The van der Waals surface area contributed by atoms with E-state index in [0.717, 1.165) is 66.5 Å². The molecule has 3 heterocycles. The quantitative estimate of drug-likeness (QED) is 0.366. The highest BCUT2D eigenvalue weighted by Gasteiger charge is 2.17. The zero-order valence-corrected chi connectivity index (χ0v) is 21.3. The second-order valence-corrected chi connectivity index (χ2v) is 9.20. The molecule has 0 bridgehead atoms. The number of para-hydroxylation sites is 1. The molecule has 37 heavy (non-hydrogen) atoms. The maximum Gasteiger partial charge on any atom is 0.248 e. The van der Waals surface area contributed by atoms with E-state index in [9.17, 15) is 4.79 Å². The molecule has 4 aromatic rings. The van der Waals surface area contributed by atoms with E-state index in [-0.39, 0.29) is 5.91 Å². The second kappa shape index (κ2) is 11.2. The van der Waals surface area contributed by atoms with Crippen molar-refractivity contribution in [1.29, 1.82) is 0 Å². The van der Waals surface area contributed by atoms with Crippen molar-refractivity contribution >= 4 is 23.4 Å². The van der Waals surface area contributed by atoms with Crippen molar-refractivity contribution < 1.29 is 4.79 Å². The molecule has 1 aliphatic rings. The number of nitrogens with zero attached hydrogens (tertiary/aromatic N) is 5. The molecular formula is C30H32N6O. The summed E-state index contributed by atoms with van der Waals surface area (Å²) in [5, 5.41) is 7.81. The molecule has 5 rings (SSSR count). The van der Waals surface area contributed by atoms with Gasteiger partial charge in [0, 0.05) is 73.3 Å². The molecule has 0 saturated carbocycles. The molecule has 2 aromatic heterocycles. The average molecular weight is 493 g/mol. The van der Waals surface area contributed by atoms with Crippen molar-refractivity contribution in [2.45, 2.75) is 13.8 Å². The highest BCUT2D eigenvalue weighted by Crippen LogP contribution is 2.26. The molecule has 1 saturated heterocycles. The summed E-state index contributed by atoms with van der Waals surface area (Å²) in [5.74, 6) is -0.183. The number of benzene rings is 2. The van der Waals surface area contributed by atoms with Crippen LogP contribution in [0.4, 0.5) is 11.4 Å². The van der Waals surface area contributed by atoms with Crippen molar-refractivity contribution in [3.63, 3.8) is 0 Å². The molecule has 1 fully saturated rings. The van der Waals surface area contributed by atoms with Crippen LogP contribution in [0.25, 0.3) is 23.0 Å². The lowest BCUT2D eigenvalue weighted by molar-refractivity contribution is -0.111. The number of nitrogens with one attached hydrogen (secondary N) is 1. The van der Waals surface area contributed by atoms with Gasteiger partial charge in [0.1, 0.15) is 5.69 Å². The number of likely N-dealkylation sites (N-methyl/N-ethyl adjacent to an activating group) is 1. The number of hydrogen-bond donors (Lipinski definition) is 1. The Kier molecular flexibility index (Phi) is 7.42. The van der Waals surface area contributed by atoms with Crippen LogP contribution in [0.1, 0.15) is 18.1 Å². The van der Waals surface area contributed by atoms with Gasteiger partial charge in [0.25, 0.3) is 0 Å². The van der Waals surface area contributed by atoms with Crippen LogP contribution in [-0.4, -0.2) is 58.3 Å². The normalized spacial score (nSPS) is 14.3. The third-order valence-corrected chi connectivity index (χ3v) is 6.77. The van der Waals surface area contributed by atoms with E-state index in [1.165, 1.54) is 5.69 Å². The fourth-order valence-corrected chi connectivity index (χ4v) is 4.60. The first-order valence-electron chi connectivity index (χ1n) is 12.7. The Morgan fingerprint density at radius 1 is 1.00 bits per heavy atom. The molecule has 7 heteroatoms. The molecule has 0 aliphatic carbocycles. The van der Waals surface area contributed by atoms with Crippen LogP contribution in [0.2, 0.25) is 0 Å². The lowest BCUT2D eigenvalue weighted by Gasteiger charge is -2.35. The van der Waals surface area contributed by atoms with E-state index in [0.29, 0.717) is 0 Å². The summed E-state index contributed by atoms with van der Waals surface area (Å²) in [6, 6.07) is 20.0. The predicted octanol–water partition coefficient (Wildman–Crippen LogP) is 5.04. The first-order chi connectivity index (χ1) is 18.1. The number of aryl methyl sites for hydroxylation is 1. The van der Waals surface area contributed by atoms with Crippen LogP contribution in [0, 0.1) is 6.92 Å². The number of anilines is 2. The minimum atomic E-state index is -0.183. The third-order valence-electron chi connectivity index (χ3n) is 6.77. The molecule has 1 aliphatic heterocycles. The number of pyridine rings is 1. The van der Waals surface area contributed by atoms with E-state index in [4.69, 9.17) is 5.10 Å². The minimum Gasteiger partial charge on any atom is -0.369 e. The van der Waals surface area contributed by atoms with Crippen LogP contribution in [-0.2, 0) is 4.79 Å². The van der Waals surface area contributed by atoms with E-state index >= 15 is 0 Å².